The van der Waals surface area contributed by atoms with E-state index in [1.807, 2.05) is 0 Å². The molecule has 0 aromatic heterocycles. The zero-order valence-corrected chi connectivity index (χ0v) is 9.76. The highest BCUT2D eigenvalue weighted by Gasteiger charge is 2.28. The molecule has 2 unspecified atom stereocenters. The second-order valence-corrected chi connectivity index (χ2v) is 4.50. The molecule has 1 aliphatic rings. The van der Waals surface area contributed by atoms with Crippen LogP contribution in [0.3, 0.4) is 0 Å². The second-order valence-electron chi connectivity index (χ2n) is 4.50. The van der Waals surface area contributed by atoms with E-state index in [9.17, 15) is 5.11 Å². The Hall–Kier alpha value is -0.900. The van der Waals surface area contributed by atoms with Gasteiger partial charge in [-0.3, -0.25) is 4.90 Å². The minimum atomic E-state index is 0.0549. The van der Waals surface area contributed by atoms with E-state index in [1.54, 1.807) is 0 Å². The molecule has 88 valence electrons. The number of hydrogen-bond acceptors (Lipinski definition) is 3. The van der Waals surface area contributed by atoms with Crippen LogP contribution in [0.4, 0.5) is 0 Å². The van der Waals surface area contributed by atoms with E-state index in [1.165, 1.54) is 11.1 Å². The van der Waals surface area contributed by atoms with Gasteiger partial charge in [-0.1, -0.05) is 31.2 Å². The van der Waals surface area contributed by atoms with E-state index in [-0.39, 0.29) is 18.7 Å². The van der Waals surface area contributed by atoms with Crippen LogP contribution in [-0.4, -0.2) is 28.7 Å². The molecule has 16 heavy (non-hydrogen) atoms. The van der Waals surface area contributed by atoms with Gasteiger partial charge in [0.2, 0.25) is 0 Å². The fourth-order valence-corrected chi connectivity index (χ4v) is 2.39. The summed E-state index contributed by atoms with van der Waals surface area (Å²) in [5.41, 5.74) is 8.77. The zero-order chi connectivity index (χ0) is 11.5. The van der Waals surface area contributed by atoms with Gasteiger partial charge in [-0.25, -0.2) is 0 Å². The normalized spacial score (nSPS) is 19.4. The van der Waals surface area contributed by atoms with Crippen LogP contribution in [0.15, 0.2) is 24.3 Å². The number of nitrogens with two attached hydrogens (primary N) is 1. The van der Waals surface area contributed by atoms with Gasteiger partial charge in [-0.15, -0.1) is 0 Å². The van der Waals surface area contributed by atoms with Crippen LogP contribution in [0.1, 0.15) is 24.5 Å². The molecule has 3 heteroatoms. The molecule has 0 spiro atoms. The van der Waals surface area contributed by atoms with Crippen LogP contribution in [-0.2, 0) is 13.1 Å². The average molecular weight is 220 g/mol. The highest BCUT2D eigenvalue weighted by molar-refractivity contribution is 5.30. The molecule has 1 heterocycles. The molecular formula is C13H20N2O. The first kappa shape index (κ1) is 11.6. The molecule has 1 aromatic rings. The lowest BCUT2D eigenvalue weighted by Gasteiger charge is -2.30. The number of nitrogens with zero attached hydrogens (tertiary/aromatic N) is 1. The number of aliphatic hydroxyl groups is 1. The lowest BCUT2D eigenvalue weighted by atomic mass is 10.1. The Morgan fingerprint density at radius 2 is 1.88 bits per heavy atom. The Kier molecular flexibility index (Phi) is 3.59. The number of fused-ring (bicyclic) bond motifs is 1. The molecule has 3 N–H and O–H groups in total. The lowest BCUT2D eigenvalue weighted by molar-refractivity contribution is 0.101. The average Bonchev–Trinajstić information content (AvgIpc) is 2.72. The van der Waals surface area contributed by atoms with Gasteiger partial charge in [0, 0.05) is 25.2 Å². The van der Waals surface area contributed by atoms with Gasteiger partial charge >= 0.3 is 0 Å². The maximum absolute atomic E-state index is 9.45. The van der Waals surface area contributed by atoms with Crippen molar-refractivity contribution in [2.24, 2.45) is 5.73 Å². The third-order valence-electron chi connectivity index (χ3n) is 3.49. The molecule has 0 aliphatic carbocycles. The van der Waals surface area contributed by atoms with Gasteiger partial charge in [-0.05, 0) is 17.5 Å². The highest BCUT2D eigenvalue weighted by Crippen LogP contribution is 2.25. The summed E-state index contributed by atoms with van der Waals surface area (Å²) in [6, 6.07) is 8.57. The largest absolute Gasteiger partial charge is 0.395 e. The predicted molar refractivity (Wildman–Crippen MR) is 64.8 cm³/mol. The summed E-state index contributed by atoms with van der Waals surface area (Å²) in [7, 11) is 0. The minimum Gasteiger partial charge on any atom is -0.395 e. The van der Waals surface area contributed by atoms with Gasteiger partial charge in [-0.2, -0.15) is 0 Å². The maximum Gasteiger partial charge on any atom is 0.0602 e. The molecule has 2 atom stereocenters. The summed E-state index contributed by atoms with van der Waals surface area (Å²) in [6.45, 7) is 4.03. The molecule has 0 saturated heterocycles. The Bertz CT molecular complexity index is 329. The highest BCUT2D eigenvalue weighted by atomic mass is 16.3. The van der Waals surface area contributed by atoms with Crippen LogP contribution in [0, 0.1) is 0 Å². The molecule has 0 radical (unpaired) electrons. The topological polar surface area (TPSA) is 49.5 Å². The molecule has 0 bridgehead atoms. The van der Waals surface area contributed by atoms with Crippen LogP contribution < -0.4 is 5.73 Å². The van der Waals surface area contributed by atoms with Crippen LogP contribution in [0.25, 0.3) is 0 Å². The summed E-state index contributed by atoms with van der Waals surface area (Å²) >= 11 is 0. The van der Waals surface area contributed by atoms with E-state index in [0.717, 1.165) is 19.5 Å². The Labute approximate surface area is 96.9 Å². The smallest absolute Gasteiger partial charge is 0.0602 e. The minimum absolute atomic E-state index is 0.0549. The number of rotatable bonds is 4. The van der Waals surface area contributed by atoms with Crippen molar-refractivity contribution in [1.82, 2.24) is 4.90 Å². The third kappa shape index (κ3) is 2.12. The summed E-state index contributed by atoms with van der Waals surface area (Å²) < 4.78 is 0. The third-order valence-corrected chi connectivity index (χ3v) is 3.49. The van der Waals surface area contributed by atoms with Crippen LogP contribution in [0.5, 0.6) is 0 Å². The van der Waals surface area contributed by atoms with Crippen molar-refractivity contribution < 1.29 is 5.11 Å². The van der Waals surface area contributed by atoms with Crippen molar-refractivity contribution in [3.63, 3.8) is 0 Å². The number of benzene rings is 1. The second kappa shape index (κ2) is 4.95. The van der Waals surface area contributed by atoms with Gasteiger partial charge in [0.25, 0.3) is 0 Å². The molecule has 0 saturated carbocycles. The van der Waals surface area contributed by atoms with Gasteiger partial charge in [0.15, 0.2) is 0 Å². The van der Waals surface area contributed by atoms with E-state index in [2.05, 4.69) is 36.1 Å². The fourth-order valence-electron chi connectivity index (χ4n) is 2.39. The first-order valence-corrected chi connectivity index (χ1v) is 5.93. The van der Waals surface area contributed by atoms with Crippen LogP contribution >= 0.6 is 0 Å². The summed E-state index contributed by atoms with van der Waals surface area (Å²) in [4.78, 5) is 2.28. The Morgan fingerprint density at radius 3 is 2.31 bits per heavy atom. The van der Waals surface area contributed by atoms with Gasteiger partial charge in [0.05, 0.1) is 6.61 Å². The van der Waals surface area contributed by atoms with Crippen molar-refractivity contribution in [3.8, 4) is 0 Å². The standard InChI is InChI=1S/C13H20N2O/c1-2-12(14)13(9-16)15-7-10-5-3-4-6-11(10)8-15/h3-6,12-13,16H,2,7-9,14H2,1H3. The predicted octanol–water partition coefficient (Wildman–Crippen LogP) is 1.10. The number of hydrogen-bond donors (Lipinski definition) is 2. The van der Waals surface area contributed by atoms with E-state index in [0.29, 0.717) is 0 Å². The fraction of sp³-hybridized carbons (Fsp3) is 0.538. The van der Waals surface area contributed by atoms with Crippen molar-refractivity contribution in [2.75, 3.05) is 6.61 Å². The van der Waals surface area contributed by atoms with E-state index < -0.39 is 0 Å². The van der Waals surface area contributed by atoms with E-state index >= 15 is 0 Å². The summed E-state index contributed by atoms with van der Waals surface area (Å²) in [6.07, 6.45) is 0.901. The SMILES string of the molecule is CCC(N)C(CO)N1Cc2ccccc2C1. The first-order chi connectivity index (χ1) is 7.76. The molecule has 2 rings (SSSR count). The van der Waals surface area contributed by atoms with E-state index in [4.69, 9.17) is 5.73 Å². The van der Waals surface area contributed by atoms with Crippen molar-refractivity contribution in [1.29, 1.82) is 0 Å². The van der Waals surface area contributed by atoms with Crippen molar-refractivity contribution in [2.45, 2.75) is 38.5 Å². The first-order valence-electron chi connectivity index (χ1n) is 5.93. The summed E-state index contributed by atoms with van der Waals surface area (Å²) in [5.74, 6) is 0. The molecule has 0 amide bonds. The maximum atomic E-state index is 9.45. The molecule has 0 fully saturated rings. The number of aliphatic hydroxyl groups excluding tert-OH is 1. The lowest BCUT2D eigenvalue weighted by Crippen LogP contribution is -2.47. The van der Waals surface area contributed by atoms with Crippen molar-refractivity contribution in [3.05, 3.63) is 35.4 Å². The van der Waals surface area contributed by atoms with Crippen molar-refractivity contribution >= 4 is 0 Å². The zero-order valence-electron chi connectivity index (χ0n) is 9.76. The Morgan fingerprint density at radius 1 is 1.31 bits per heavy atom. The molecular weight excluding hydrogens is 200 g/mol. The molecule has 1 aromatic carbocycles. The van der Waals surface area contributed by atoms with Gasteiger partial charge in [0.1, 0.15) is 0 Å². The van der Waals surface area contributed by atoms with Crippen LogP contribution in [0.2, 0.25) is 0 Å². The molecule has 1 aliphatic heterocycles. The monoisotopic (exact) mass is 220 g/mol. The molecule has 3 nitrogen and oxygen atoms in total. The quantitative estimate of drug-likeness (QED) is 0.799. The van der Waals surface area contributed by atoms with Gasteiger partial charge < -0.3 is 10.8 Å². The Balaban J connectivity index is 2.09. The summed E-state index contributed by atoms with van der Waals surface area (Å²) in [5, 5.41) is 9.45.